The van der Waals surface area contributed by atoms with Crippen LogP contribution in [0.25, 0.3) is 0 Å². The Bertz CT molecular complexity index is 387. The molecule has 0 aliphatic heterocycles. The van der Waals surface area contributed by atoms with Crippen molar-refractivity contribution in [1.29, 1.82) is 5.26 Å². The van der Waals surface area contributed by atoms with Crippen molar-refractivity contribution in [2.24, 2.45) is 0 Å². The van der Waals surface area contributed by atoms with E-state index in [0.29, 0.717) is 12.1 Å². The molecule has 0 aromatic heterocycles. The first-order valence-corrected chi connectivity index (χ1v) is 6.08. The van der Waals surface area contributed by atoms with Crippen LogP contribution in [-0.4, -0.2) is 17.8 Å². The highest BCUT2D eigenvalue weighted by atomic mass is 79.9. The zero-order chi connectivity index (χ0) is 12.0. The number of hydrogen-bond donors (Lipinski definition) is 2. The first-order valence-electron chi connectivity index (χ1n) is 5.29. The van der Waals surface area contributed by atoms with Crippen LogP contribution in [0, 0.1) is 11.3 Å². The van der Waals surface area contributed by atoms with Gasteiger partial charge in [0.1, 0.15) is 6.07 Å². The smallest absolute Gasteiger partial charge is 0.101 e. The molecule has 0 heterocycles. The predicted molar refractivity (Wildman–Crippen MR) is 68.3 cm³/mol. The van der Waals surface area contributed by atoms with Crippen molar-refractivity contribution in [2.45, 2.75) is 25.9 Å². The van der Waals surface area contributed by atoms with Gasteiger partial charge >= 0.3 is 0 Å². The number of benzene rings is 1. The molecule has 1 aromatic rings. The minimum Gasteiger partial charge on any atom is -0.391 e. The van der Waals surface area contributed by atoms with Gasteiger partial charge in [-0.05, 0) is 24.6 Å². The van der Waals surface area contributed by atoms with Crippen LogP contribution in [-0.2, 0) is 0 Å². The Labute approximate surface area is 104 Å². The fourth-order valence-corrected chi connectivity index (χ4v) is 1.78. The predicted octanol–water partition coefficient (Wildman–Crippen LogP) is 2.89. The Kier molecular flexibility index (Phi) is 5.30. The van der Waals surface area contributed by atoms with Gasteiger partial charge in [0, 0.05) is 11.0 Å². The van der Waals surface area contributed by atoms with Crippen molar-refractivity contribution in [3.63, 3.8) is 0 Å². The molecule has 1 aromatic carbocycles. The summed E-state index contributed by atoms with van der Waals surface area (Å²) in [6, 6.07) is 7.53. The standard InChI is InChI=1S/C12H15BrN2O/c1-2-3-11(16)8-15-12-6-10(13)5-4-9(12)7-14/h4-6,11,15-16H,2-3,8H2,1H3. The molecular weight excluding hydrogens is 268 g/mol. The molecule has 4 heteroatoms. The van der Waals surface area contributed by atoms with Gasteiger partial charge in [-0.15, -0.1) is 0 Å². The van der Waals surface area contributed by atoms with E-state index in [0.717, 1.165) is 23.0 Å². The second-order valence-corrected chi connectivity index (χ2v) is 4.54. The normalized spacial score (nSPS) is 11.9. The van der Waals surface area contributed by atoms with Gasteiger partial charge in [-0.2, -0.15) is 5.26 Å². The second-order valence-electron chi connectivity index (χ2n) is 3.63. The molecule has 0 spiro atoms. The topological polar surface area (TPSA) is 56.0 Å². The van der Waals surface area contributed by atoms with E-state index < -0.39 is 0 Å². The number of nitriles is 1. The van der Waals surface area contributed by atoms with Gasteiger partial charge in [-0.25, -0.2) is 0 Å². The molecule has 0 aliphatic rings. The van der Waals surface area contributed by atoms with Crippen molar-refractivity contribution in [2.75, 3.05) is 11.9 Å². The van der Waals surface area contributed by atoms with Gasteiger partial charge < -0.3 is 10.4 Å². The van der Waals surface area contributed by atoms with E-state index in [4.69, 9.17) is 5.26 Å². The third-order valence-electron chi connectivity index (χ3n) is 2.25. The molecule has 0 saturated carbocycles. The number of halogens is 1. The number of anilines is 1. The summed E-state index contributed by atoms with van der Waals surface area (Å²) in [5.41, 5.74) is 1.35. The Morgan fingerprint density at radius 2 is 2.31 bits per heavy atom. The van der Waals surface area contributed by atoms with Gasteiger partial charge in [0.25, 0.3) is 0 Å². The van der Waals surface area contributed by atoms with Crippen molar-refractivity contribution in [1.82, 2.24) is 0 Å². The molecule has 1 atom stereocenters. The molecule has 0 saturated heterocycles. The van der Waals surface area contributed by atoms with Crippen LogP contribution in [0.3, 0.4) is 0 Å². The Balaban J connectivity index is 2.66. The molecular formula is C12H15BrN2O. The number of rotatable bonds is 5. The SMILES string of the molecule is CCCC(O)CNc1cc(Br)ccc1C#N. The highest BCUT2D eigenvalue weighted by molar-refractivity contribution is 9.10. The van der Waals surface area contributed by atoms with Crippen LogP contribution in [0.4, 0.5) is 5.69 Å². The maximum absolute atomic E-state index is 9.59. The maximum atomic E-state index is 9.59. The third-order valence-corrected chi connectivity index (χ3v) is 2.75. The molecule has 2 N–H and O–H groups in total. The summed E-state index contributed by atoms with van der Waals surface area (Å²) in [7, 11) is 0. The number of aliphatic hydroxyl groups is 1. The minimum atomic E-state index is -0.365. The fourth-order valence-electron chi connectivity index (χ4n) is 1.42. The van der Waals surface area contributed by atoms with E-state index in [-0.39, 0.29) is 6.10 Å². The number of nitrogens with zero attached hydrogens (tertiary/aromatic N) is 1. The summed E-state index contributed by atoms with van der Waals surface area (Å²) in [5, 5.41) is 21.6. The fraction of sp³-hybridized carbons (Fsp3) is 0.417. The van der Waals surface area contributed by atoms with Gasteiger partial charge in [0.15, 0.2) is 0 Å². The summed E-state index contributed by atoms with van der Waals surface area (Å²) < 4.78 is 0.916. The average Bonchev–Trinajstić information content (AvgIpc) is 2.27. The molecule has 16 heavy (non-hydrogen) atoms. The van der Waals surface area contributed by atoms with E-state index >= 15 is 0 Å². The van der Waals surface area contributed by atoms with E-state index in [9.17, 15) is 5.11 Å². The van der Waals surface area contributed by atoms with Crippen molar-refractivity contribution in [3.8, 4) is 6.07 Å². The molecule has 86 valence electrons. The highest BCUT2D eigenvalue weighted by Crippen LogP contribution is 2.20. The molecule has 1 unspecified atom stereocenters. The van der Waals surface area contributed by atoms with Gasteiger partial charge in [-0.1, -0.05) is 29.3 Å². The molecule has 0 bridgehead atoms. The molecule has 0 aliphatic carbocycles. The summed E-state index contributed by atoms with van der Waals surface area (Å²) >= 11 is 3.35. The van der Waals surface area contributed by atoms with Crippen molar-refractivity contribution < 1.29 is 5.11 Å². The lowest BCUT2D eigenvalue weighted by molar-refractivity contribution is 0.176. The number of hydrogen-bond acceptors (Lipinski definition) is 3. The van der Waals surface area contributed by atoms with Crippen LogP contribution in [0.5, 0.6) is 0 Å². The lowest BCUT2D eigenvalue weighted by Gasteiger charge is -2.13. The monoisotopic (exact) mass is 282 g/mol. The van der Waals surface area contributed by atoms with E-state index in [1.807, 2.05) is 19.1 Å². The lowest BCUT2D eigenvalue weighted by atomic mass is 10.1. The largest absolute Gasteiger partial charge is 0.391 e. The number of aliphatic hydroxyl groups excluding tert-OH is 1. The maximum Gasteiger partial charge on any atom is 0.101 e. The molecule has 0 radical (unpaired) electrons. The van der Waals surface area contributed by atoms with Gasteiger partial charge in [-0.3, -0.25) is 0 Å². The quantitative estimate of drug-likeness (QED) is 0.873. The van der Waals surface area contributed by atoms with E-state index in [1.54, 1.807) is 6.07 Å². The van der Waals surface area contributed by atoms with Crippen LogP contribution in [0.15, 0.2) is 22.7 Å². The van der Waals surface area contributed by atoms with Gasteiger partial charge in [0.2, 0.25) is 0 Å². The second kappa shape index (κ2) is 6.51. The Morgan fingerprint density at radius 3 is 2.94 bits per heavy atom. The van der Waals surface area contributed by atoms with Crippen LogP contribution in [0.2, 0.25) is 0 Å². The van der Waals surface area contributed by atoms with Crippen molar-refractivity contribution in [3.05, 3.63) is 28.2 Å². The zero-order valence-corrected chi connectivity index (χ0v) is 10.8. The minimum absolute atomic E-state index is 0.365. The summed E-state index contributed by atoms with van der Waals surface area (Å²) in [4.78, 5) is 0. The Morgan fingerprint density at radius 1 is 1.56 bits per heavy atom. The van der Waals surface area contributed by atoms with Crippen LogP contribution in [0.1, 0.15) is 25.3 Å². The molecule has 3 nitrogen and oxygen atoms in total. The number of nitrogens with one attached hydrogen (secondary N) is 1. The van der Waals surface area contributed by atoms with E-state index in [1.165, 1.54) is 0 Å². The van der Waals surface area contributed by atoms with Crippen molar-refractivity contribution >= 4 is 21.6 Å². The Hall–Kier alpha value is -1.05. The summed E-state index contributed by atoms with van der Waals surface area (Å²) in [5.74, 6) is 0. The summed E-state index contributed by atoms with van der Waals surface area (Å²) in [6.45, 7) is 2.50. The van der Waals surface area contributed by atoms with E-state index in [2.05, 4.69) is 27.3 Å². The first kappa shape index (κ1) is 13.0. The average molecular weight is 283 g/mol. The van der Waals surface area contributed by atoms with Crippen LogP contribution < -0.4 is 5.32 Å². The van der Waals surface area contributed by atoms with Crippen LogP contribution >= 0.6 is 15.9 Å². The molecule has 1 rings (SSSR count). The third kappa shape index (κ3) is 3.84. The highest BCUT2D eigenvalue weighted by Gasteiger charge is 2.05. The van der Waals surface area contributed by atoms with Gasteiger partial charge in [0.05, 0.1) is 17.4 Å². The molecule has 0 fully saturated rings. The zero-order valence-electron chi connectivity index (χ0n) is 9.20. The summed E-state index contributed by atoms with van der Waals surface area (Å²) in [6.07, 6.45) is 1.35. The molecule has 0 amide bonds. The lowest BCUT2D eigenvalue weighted by Crippen LogP contribution is -2.19. The first-order chi connectivity index (χ1) is 7.67.